The SMILES string of the molecule is CCCCCC=CC=CC(=O)CCCCCCCC(=O)NC(CCC(N)=O)C(=O)NC1C(=O)NCCC(=O)NC(Cc2c[nH]c3ccccc23)C(=O)NC(CO)C(=O)NCC(=O)OC1C. The van der Waals surface area contributed by atoms with Crippen molar-refractivity contribution >= 4 is 64.0 Å². The number of esters is 1. The van der Waals surface area contributed by atoms with Gasteiger partial charge in [0.05, 0.1) is 6.61 Å². The number of H-pyrrole nitrogens is 1. The minimum Gasteiger partial charge on any atom is -0.459 e. The standard InChI is InChI=1S/C46H66N8O11/c1-3-4-5-6-7-9-12-17-32(56)18-13-10-8-11-14-21-39(58)51-35(22-23-38(47)57)44(62)54-42-30(2)65-41(60)28-50-43(61)37(29-55)53-45(63)36(52-40(59)24-25-48-46(42)64)26-31-27-49-34-20-16-15-19-33(31)34/h7,9,12,15-17,19-20,27,30,35-37,42,49,55H,3-6,8,10-11,13-14,18,21-26,28-29H2,1-2H3,(H2,47,57)(H,48,64)(H,50,61)(H,51,58)(H,52,59)(H,53,63)(H,54,62). The molecule has 65 heavy (non-hydrogen) atoms. The lowest BCUT2D eigenvalue weighted by Crippen LogP contribution is -2.58. The van der Waals surface area contributed by atoms with Gasteiger partial charge in [-0.15, -0.1) is 0 Å². The van der Waals surface area contributed by atoms with Gasteiger partial charge in [0.2, 0.25) is 41.4 Å². The largest absolute Gasteiger partial charge is 0.459 e. The summed E-state index contributed by atoms with van der Waals surface area (Å²) in [6, 6.07) is 1.63. The van der Waals surface area contributed by atoms with Crippen molar-refractivity contribution < 1.29 is 53.0 Å². The highest BCUT2D eigenvalue weighted by Gasteiger charge is 2.34. The topological polar surface area (TPSA) is 297 Å². The highest BCUT2D eigenvalue weighted by molar-refractivity contribution is 5.95. The first-order chi connectivity index (χ1) is 31.2. The molecule has 1 aromatic carbocycles. The summed E-state index contributed by atoms with van der Waals surface area (Å²) in [5, 5.41) is 25.7. The molecule has 5 unspecified atom stereocenters. The van der Waals surface area contributed by atoms with E-state index >= 15 is 0 Å². The Hall–Kier alpha value is -6.37. The predicted molar refractivity (Wildman–Crippen MR) is 241 cm³/mol. The summed E-state index contributed by atoms with van der Waals surface area (Å²) in [6.07, 6.45) is 15.2. The first kappa shape index (κ1) is 53.0. The second-order valence-corrected chi connectivity index (χ2v) is 16.0. The van der Waals surface area contributed by atoms with E-state index in [9.17, 15) is 48.3 Å². The van der Waals surface area contributed by atoms with Crippen LogP contribution in [0.25, 0.3) is 10.9 Å². The van der Waals surface area contributed by atoms with E-state index in [4.69, 9.17) is 10.5 Å². The number of hydrogen-bond acceptors (Lipinski definition) is 11. The van der Waals surface area contributed by atoms with Crippen LogP contribution >= 0.6 is 0 Å². The number of fused-ring (bicyclic) bond motifs is 1. The second kappa shape index (κ2) is 29.1. The van der Waals surface area contributed by atoms with E-state index in [1.165, 1.54) is 13.3 Å². The lowest BCUT2D eigenvalue weighted by Gasteiger charge is -2.27. The van der Waals surface area contributed by atoms with Crippen LogP contribution in [-0.4, -0.2) is 113 Å². The number of nitrogens with one attached hydrogen (secondary N) is 7. The van der Waals surface area contributed by atoms with Gasteiger partial charge in [0.15, 0.2) is 5.78 Å². The monoisotopic (exact) mass is 906 g/mol. The van der Waals surface area contributed by atoms with Gasteiger partial charge in [0.1, 0.15) is 36.8 Å². The van der Waals surface area contributed by atoms with Gasteiger partial charge in [-0.05, 0) is 56.7 Å². The number of nitrogens with two attached hydrogens (primary N) is 1. The van der Waals surface area contributed by atoms with Gasteiger partial charge in [-0.3, -0.25) is 43.2 Å². The summed E-state index contributed by atoms with van der Waals surface area (Å²) in [4.78, 5) is 120. The molecule has 0 spiro atoms. The van der Waals surface area contributed by atoms with Gasteiger partial charge in [-0.25, -0.2) is 0 Å². The fourth-order valence-corrected chi connectivity index (χ4v) is 6.99. The summed E-state index contributed by atoms with van der Waals surface area (Å²) in [6.45, 7) is 1.56. The number of carbonyl (C=O) groups is 9. The Morgan fingerprint density at radius 2 is 1.62 bits per heavy atom. The molecule has 3 rings (SSSR count). The first-order valence-corrected chi connectivity index (χ1v) is 22.5. The zero-order valence-corrected chi connectivity index (χ0v) is 37.4. The Bertz CT molecular complexity index is 2000. The summed E-state index contributed by atoms with van der Waals surface area (Å²) >= 11 is 0. The third kappa shape index (κ3) is 19.9. The van der Waals surface area contributed by atoms with Crippen molar-refractivity contribution in [1.29, 1.82) is 0 Å². The Kier molecular flexibility index (Phi) is 23.8. The maximum absolute atomic E-state index is 13.7. The number of unbranched alkanes of at least 4 members (excludes halogenated alkanes) is 7. The normalized spacial score (nSPS) is 19.7. The zero-order valence-electron chi connectivity index (χ0n) is 37.4. The lowest BCUT2D eigenvalue weighted by molar-refractivity contribution is -0.152. The summed E-state index contributed by atoms with van der Waals surface area (Å²) in [7, 11) is 0. The van der Waals surface area contributed by atoms with Gasteiger partial charge in [0, 0.05) is 55.7 Å². The molecule has 10 N–H and O–H groups in total. The number of carbonyl (C=O) groups excluding carboxylic acids is 9. The highest BCUT2D eigenvalue weighted by atomic mass is 16.5. The number of aromatic amines is 1. The summed E-state index contributed by atoms with van der Waals surface area (Å²) in [5.41, 5.74) is 6.81. The molecule has 19 nitrogen and oxygen atoms in total. The maximum atomic E-state index is 13.7. The van der Waals surface area contributed by atoms with Crippen LogP contribution < -0.4 is 37.6 Å². The molecule has 19 heteroatoms. The van der Waals surface area contributed by atoms with Crippen LogP contribution in [0.5, 0.6) is 0 Å². The first-order valence-electron chi connectivity index (χ1n) is 22.5. The molecule has 7 amide bonds. The number of rotatable bonds is 23. The van der Waals surface area contributed by atoms with Crippen LogP contribution in [0.1, 0.15) is 109 Å². The minimum absolute atomic E-state index is 0.0155. The van der Waals surface area contributed by atoms with Crippen molar-refractivity contribution in [3.63, 3.8) is 0 Å². The maximum Gasteiger partial charge on any atom is 0.325 e. The predicted octanol–water partition coefficient (Wildman–Crippen LogP) is 1.47. The van der Waals surface area contributed by atoms with E-state index in [1.807, 2.05) is 24.3 Å². The number of ketones is 1. The lowest BCUT2D eigenvalue weighted by atomic mass is 10.0. The van der Waals surface area contributed by atoms with Crippen molar-refractivity contribution in [2.45, 2.75) is 140 Å². The number of aromatic nitrogens is 1. The van der Waals surface area contributed by atoms with E-state index in [0.717, 1.165) is 43.0 Å². The molecule has 356 valence electrons. The molecular weight excluding hydrogens is 841 g/mol. The molecule has 1 aliphatic heterocycles. The number of benzene rings is 1. The van der Waals surface area contributed by atoms with Crippen LogP contribution in [0.2, 0.25) is 0 Å². The van der Waals surface area contributed by atoms with E-state index < -0.39 is 90.7 Å². The molecule has 0 saturated carbocycles. The van der Waals surface area contributed by atoms with Crippen molar-refractivity contribution in [2.75, 3.05) is 19.7 Å². The number of amides is 7. The molecule has 1 aliphatic rings. The number of primary amides is 1. The Balaban J connectivity index is 1.63. The number of aliphatic hydroxyl groups is 1. The van der Waals surface area contributed by atoms with Crippen LogP contribution in [0.4, 0.5) is 0 Å². The molecule has 2 heterocycles. The highest BCUT2D eigenvalue weighted by Crippen LogP contribution is 2.19. The number of hydrogen-bond donors (Lipinski definition) is 9. The number of aliphatic hydroxyl groups excluding tert-OH is 1. The smallest absolute Gasteiger partial charge is 0.325 e. The Labute approximate surface area is 379 Å². The van der Waals surface area contributed by atoms with Crippen LogP contribution in [0.3, 0.4) is 0 Å². The fraction of sp³-hybridized carbons (Fsp3) is 0.543. The second-order valence-electron chi connectivity index (χ2n) is 16.0. The van der Waals surface area contributed by atoms with Gasteiger partial charge in [-0.1, -0.05) is 75.5 Å². The average Bonchev–Trinajstić information content (AvgIpc) is 3.68. The van der Waals surface area contributed by atoms with Crippen LogP contribution in [0, 0.1) is 0 Å². The van der Waals surface area contributed by atoms with Crippen molar-refractivity contribution in [2.24, 2.45) is 5.73 Å². The number of allylic oxidation sites excluding steroid dienone is 4. The van der Waals surface area contributed by atoms with E-state index in [-0.39, 0.29) is 44.4 Å². The molecule has 1 fully saturated rings. The molecule has 0 radical (unpaired) electrons. The summed E-state index contributed by atoms with van der Waals surface area (Å²) in [5.74, 6) is -6.38. The van der Waals surface area contributed by atoms with Crippen LogP contribution in [0.15, 0.2) is 54.8 Å². The molecule has 0 bridgehead atoms. The van der Waals surface area contributed by atoms with Gasteiger partial charge in [0.25, 0.3) is 0 Å². The molecular formula is C46H66N8O11. The minimum atomic E-state index is -1.59. The van der Waals surface area contributed by atoms with E-state index in [0.29, 0.717) is 31.2 Å². The zero-order chi connectivity index (χ0) is 47.6. The van der Waals surface area contributed by atoms with E-state index in [2.05, 4.69) is 49.9 Å². The number of ether oxygens (including phenoxy) is 1. The third-order valence-electron chi connectivity index (χ3n) is 10.7. The molecule has 1 aromatic heterocycles. The van der Waals surface area contributed by atoms with Crippen molar-refractivity contribution in [1.82, 2.24) is 36.9 Å². The van der Waals surface area contributed by atoms with Gasteiger partial charge >= 0.3 is 5.97 Å². The van der Waals surface area contributed by atoms with Crippen molar-refractivity contribution in [3.05, 3.63) is 60.3 Å². The summed E-state index contributed by atoms with van der Waals surface area (Å²) < 4.78 is 5.39. The fourth-order valence-electron chi connectivity index (χ4n) is 6.99. The number of para-hydroxylation sites is 1. The van der Waals surface area contributed by atoms with Crippen molar-refractivity contribution in [3.8, 4) is 0 Å². The Morgan fingerprint density at radius 1 is 0.877 bits per heavy atom. The average molecular weight is 907 g/mol. The molecule has 5 atom stereocenters. The molecule has 0 aliphatic carbocycles. The van der Waals surface area contributed by atoms with Crippen LogP contribution in [-0.2, 0) is 54.3 Å². The molecule has 2 aromatic rings. The third-order valence-corrected chi connectivity index (χ3v) is 10.7. The van der Waals surface area contributed by atoms with Gasteiger partial charge < -0.3 is 52.5 Å². The quantitative estimate of drug-likeness (QED) is 0.0333. The number of cyclic esters (lactones) is 1. The Morgan fingerprint density at radius 3 is 2.35 bits per heavy atom. The van der Waals surface area contributed by atoms with E-state index in [1.54, 1.807) is 24.4 Å². The molecule has 1 saturated heterocycles. The van der Waals surface area contributed by atoms with Gasteiger partial charge in [-0.2, -0.15) is 0 Å².